The van der Waals surface area contributed by atoms with E-state index in [1.54, 1.807) is 0 Å². The molecule has 1 aliphatic heterocycles. The van der Waals surface area contributed by atoms with E-state index in [1.807, 2.05) is 0 Å². The summed E-state index contributed by atoms with van der Waals surface area (Å²) in [5.41, 5.74) is 0. The molecule has 9 heteroatoms. The van der Waals surface area contributed by atoms with Crippen molar-refractivity contribution in [3.05, 3.63) is 0 Å². The second kappa shape index (κ2) is 3.79. The Balaban J connectivity index is 2.52. The van der Waals surface area contributed by atoms with Gasteiger partial charge in [0.2, 0.25) is 0 Å². The highest BCUT2D eigenvalue weighted by atomic mass is 32.2. The summed E-state index contributed by atoms with van der Waals surface area (Å²) in [6, 6.07) is 0. The Hall–Kier alpha value is -0.740. The third-order valence-corrected chi connectivity index (χ3v) is 2.07. The molecule has 0 radical (unpaired) electrons. The van der Waals surface area contributed by atoms with Crippen LogP contribution in [0.5, 0.6) is 0 Å². The van der Waals surface area contributed by atoms with E-state index in [-0.39, 0.29) is 0 Å². The van der Waals surface area contributed by atoms with E-state index in [4.69, 9.17) is 10.2 Å². The van der Waals surface area contributed by atoms with Crippen LogP contribution < -0.4 is 5.14 Å². The van der Waals surface area contributed by atoms with Gasteiger partial charge in [0, 0.05) is 0 Å². The largest absolute Gasteiger partial charge is 0.455 e. The van der Waals surface area contributed by atoms with Gasteiger partial charge < -0.3 is 14.9 Å². The maximum atomic E-state index is 10.7. The number of esters is 1. The van der Waals surface area contributed by atoms with Crippen LogP contribution in [0.2, 0.25) is 0 Å². The summed E-state index contributed by atoms with van der Waals surface area (Å²) in [5.74, 6) is -1.03. The number of aliphatic hydroxyl groups excluding tert-OH is 2. The normalized spacial score (nSPS) is 33.1. The fourth-order valence-electron chi connectivity index (χ4n) is 0.926. The van der Waals surface area contributed by atoms with Crippen LogP contribution in [0.15, 0.2) is 0 Å². The van der Waals surface area contributed by atoms with Crippen LogP contribution in [-0.2, 0) is 24.0 Å². The fraction of sp³-hybridized carbons (Fsp3) is 0.800. The Bertz CT molecular complexity index is 325. The van der Waals surface area contributed by atoms with E-state index >= 15 is 0 Å². The van der Waals surface area contributed by atoms with Gasteiger partial charge in [-0.15, -0.1) is 0 Å². The molecule has 0 unspecified atom stereocenters. The molecule has 0 saturated carbocycles. The highest BCUT2D eigenvalue weighted by molar-refractivity contribution is 7.84. The third kappa shape index (κ3) is 2.62. The molecule has 4 N–H and O–H groups in total. The first-order chi connectivity index (χ1) is 6.31. The van der Waals surface area contributed by atoms with E-state index in [0.717, 1.165) is 0 Å². The Morgan fingerprint density at radius 1 is 1.50 bits per heavy atom. The van der Waals surface area contributed by atoms with Gasteiger partial charge in [0.1, 0.15) is 12.7 Å². The van der Waals surface area contributed by atoms with Gasteiger partial charge in [0.25, 0.3) is 0 Å². The number of ether oxygens (including phenoxy) is 1. The van der Waals surface area contributed by atoms with E-state index < -0.39 is 41.2 Å². The van der Waals surface area contributed by atoms with E-state index in [9.17, 15) is 13.2 Å². The van der Waals surface area contributed by atoms with Crippen LogP contribution in [0, 0.1) is 0 Å². The monoisotopic (exact) mass is 227 g/mol. The highest BCUT2D eigenvalue weighted by Crippen LogP contribution is 2.16. The Kier molecular flexibility index (Phi) is 3.07. The fourth-order valence-corrected chi connectivity index (χ4v) is 1.25. The number of rotatable bonds is 3. The van der Waals surface area contributed by atoms with E-state index in [0.29, 0.717) is 0 Å². The highest BCUT2D eigenvalue weighted by Gasteiger charge is 2.43. The summed E-state index contributed by atoms with van der Waals surface area (Å²) in [6.07, 6.45) is -4.41. The van der Waals surface area contributed by atoms with Gasteiger partial charge in [-0.05, 0) is 0 Å². The molecule has 0 bridgehead atoms. The first-order valence-corrected chi connectivity index (χ1v) is 5.02. The second-order valence-electron chi connectivity index (χ2n) is 2.69. The van der Waals surface area contributed by atoms with Gasteiger partial charge >= 0.3 is 16.3 Å². The number of hydrogen-bond donors (Lipinski definition) is 3. The van der Waals surface area contributed by atoms with Crippen molar-refractivity contribution >= 4 is 16.3 Å². The summed E-state index contributed by atoms with van der Waals surface area (Å²) in [5, 5.41) is 22.5. The van der Waals surface area contributed by atoms with E-state index in [1.165, 1.54) is 0 Å². The van der Waals surface area contributed by atoms with Crippen molar-refractivity contribution in [2.45, 2.75) is 18.3 Å². The number of carbonyl (C=O) groups is 1. The Labute approximate surface area is 79.5 Å². The van der Waals surface area contributed by atoms with Gasteiger partial charge in [-0.3, -0.25) is 4.18 Å². The molecule has 0 amide bonds. The number of aliphatic hydroxyl groups is 2. The molecule has 0 aromatic carbocycles. The van der Waals surface area contributed by atoms with Crippen LogP contribution in [0.25, 0.3) is 0 Å². The zero-order chi connectivity index (χ0) is 10.9. The lowest BCUT2D eigenvalue weighted by Crippen LogP contribution is -2.35. The Morgan fingerprint density at radius 3 is 2.43 bits per heavy atom. The molecule has 3 atom stereocenters. The quantitative estimate of drug-likeness (QED) is 0.433. The van der Waals surface area contributed by atoms with Crippen molar-refractivity contribution in [3.8, 4) is 0 Å². The summed E-state index contributed by atoms with van der Waals surface area (Å²) in [6.45, 7) is -0.622. The third-order valence-electron chi connectivity index (χ3n) is 1.61. The molecule has 14 heavy (non-hydrogen) atoms. The van der Waals surface area contributed by atoms with Crippen molar-refractivity contribution < 1.29 is 32.3 Å². The van der Waals surface area contributed by atoms with Crippen LogP contribution in [0.1, 0.15) is 0 Å². The van der Waals surface area contributed by atoms with E-state index in [2.05, 4.69) is 14.1 Å². The molecule has 82 valence electrons. The van der Waals surface area contributed by atoms with Gasteiger partial charge in [-0.25, -0.2) is 9.93 Å². The lowest BCUT2D eigenvalue weighted by Gasteiger charge is -2.11. The summed E-state index contributed by atoms with van der Waals surface area (Å²) in [4.78, 5) is 10.7. The standard InChI is InChI=1S/C5H9NO7S/c6-14(10,11)12-1-2-3(7)4(8)5(9)13-2/h2-4,7-8H,1H2,(H2,6,10,11)/t2-,3-,4-/m1/s1. The van der Waals surface area contributed by atoms with Gasteiger partial charge in [0.15, 0.2) is 12.2 Å². The molecule has 1 aliphatic rings. The molecule has 0 aliphatic carbocycles. The van der Waals surface area contributed by atoms with Gasteiger partial charge in [-0.2, -0.15) is 8.42 Å². The average Bonchev–Trinajstić information content (AvgIpc) is 2.28. The SMILES string of the molecule is NS(=O)(=O)OC[C@H]1OC(=O)[C@H](O)[C@@H]1O. The molecule has 1 rings (SSSR count). The molecular formula is C5H9NO7S. The minimum Gasteiger partial charge on any atom is -0.455 e. The zero-order valence-corrected chi connectivity index (χ0v) is 7.68. The molecule has 1 saturated heterocycles. The topological polar surface area (TPSA) is 136 Å². The number of nitrogens with two attached hydrogens (primary N) is 1. The predicted molar refractivity (Wildman–Crippen MR) is 41.0 cm³/mol. The van der Waals surface area contributed by atoms with Gasteiger partial charge in [0.05, 0.1) is 0 Å². The summed E-state index contributed by atoms with van der Waals surface area (Å²) < 4.78 is 29.1. The molecule has 0 aromatic rings. The minimum atomic E-state index is -4.15. The number of carbonyl (C=O) groups excluding carboxylic acids is 1. The minimum absolute atomic E-state index is 0.622. The molecule has 8 nitrogen and oxygen atoms in total. The van der Waals surface area contributed by atoms with Crippen molar-refractivity contribution in [2.24, 2.45) is 5.14 Å². The zero-order valence-electron chi connectivity index (χ0n) is 6.86. The van der Waals surface area contributed by atoms with Crippen LogP contribution in [0.3, 0.4) is 0 Å². The number of cyclic esters (lactones) is 1. The molecule has 1 fully saturated rings. The predicted octanol–water partition coefficient (Wildman–Crippen LogP) is -3.15. The smallest absolute Gasteiger partial charge is 0.338 e. The first-order valence-electron chi connectivity index (χ1n) is 3.55. The van der Waals surface area contributed by atoms with Crippen molar-refractivity contribution in [1.82, 2.24) is 0 Å². The molecular weight excluding hydrogens is 218 g/mol. The first kappa shape index (κ1) is 11.3. The van der Waals surface area contributed by atoms with Crippen LogP contribution >= 0.6 is 0 Å². The Morgan fingerprint density at radius 2 is 2.07 bits per heavy atom. The summed E-state index contributed by atoms with van der Waals surface area (Å²) >= 11 is 0. The van der Waals surface area contributed by atoms with Crippen molar-refractivity contribution in [2.75, 3.05) is 6.61 Å². The average molecular weight is 227 g/mol. The molecule has 0 spiro atoms. The maximum absolute atomic E-state index is 10.7. The maximum Gasteiger partial charge on any atom is 0.338 e. The van der Waals surface area contributed by atoms with Crippen LogP contribution in [-0.4, -0.2) is 49.5 Å². The lowest BCUT2D eigenvalue weighted by atomic mass is 10.1. The van der Waals surface area contributed by atoms with Crippen molar-refractivity contribution in [3.63, 3.8) is 0 Å². The molecule has 0 aromatic heterocycles. The van der Waals surface area contributed by atoms with Crippen molar-refractivity contribution in [1.29, 1.82) is 0 Å². The summed E-state index contributed by atoms with van der Waals surface area (Å²) in [7, 11) is -4.15. The van der Waals surface area contributed by atoms with Gasteiger partial charge in [-0.1, -0.05) is 0 Å². The number of hydrogen-bond acceptors (Lipinski definition) is 7. The lowest BCUT2D eigenvalue weighted by molar-refractivity contribution is -0.148. The van der Waals surface area contributed by atoms with Crippen LogP contribution in [0.4, 0.5) is 0 Å². The second-order valence-corrected chi connectivity index (χ2v) is 3.91. The molecule has 1 heterocycles.